The van der Waals surface area contributed by atoms with Gasteiger partial charge in [-0.05, 0) is 60.2 Å². The monoisotopic (exact) mass is 421 g/mol. The van der Waals surface area contributed by atoms with Crippen LogP contribution in [0, 0.1) is 0 Å². The van der Waals surface area contributed by atoms with Gasteiger partial charge in [-0.15, -0.1) is 12.4 Å². The van der Waals surface area contributed by atoms with Gasteiger partial charge in [0, 0.05) is 11.6 Å². The van der Waals surface area contributed by atoms with E-state index in [1.54, 1.807) is 0 Å². The number of fused-ring (bicyclic) bond motifs is 1. The van der Waals surface area contributed by atoms with Crippen LogP contribution < -0.4 is 14.8 Å². The second-order valence-electron chi connectivity index (χ2n) is 6.79. The van der Waals surface area contributed by atoms with Crippen molar-refractivity contribution in [2.75, 3.05) is 19.8 Å². The van der Waals surface area contributed by atoms with Crippen LogP contribution in [0.5, 0.6) is 11.5 Å². The van der Waals surface area contributed by atoms with Gasteiger partial charge in [-0.1, -0.05) is 49.7 Å². The number of benzene rings is 2. The lowest BCUT2D eigenvalue weighted by Gasteiger charge is -2.26. The fourth-order valence-electron chi connectivity index (χ4n) is 3.20. The molecule has 1 N–H and O–H groups in total. The first-order valence-electron chi connectivity index (χ1n) is 9.80. The average molecular weight is 422 g/mol. The highest BCUT2D eigenvalue weighted by atomic mass is 35.5. The van der Waals surface area contributed by atoms with Gasteiger partial charge in [-0.3, -0.25) is 0 Å². The van der Waals surface area contributed by atoms with Crippen molar-refractivity contribution in [3.8, 4) is 11.5 Å². The van der Waals surface area contributed by atoms with E-state index in [-0.39, 0.29) is 18.4 Å². The zero-order chi connectivity index (χ0) is 19.1. The van der Waals surface area contributed by atoms with Crippen molar-refractivity contribution in [2.24, 2.45) is 0 Å². The summed E-state index contributed by atoms with van der Waals surface area (Å²) in [5.74, 6) is 1.71. The van der Waals surface area contributed by atoms with Crippen LogP contribution in [0.2, 0.25) is 5.02 Å². The highest BCUT2D eigenvalue weighted by molar-refractivity contribution is 6.30. The molecule has 1 atom stereocenters. The molecular formula is C23H29Cl2NO2. The van der Waals surface area contributed by atoms with Gasteiger partial charge in [-0.2, -0.15) is 0 Å². The first-order valence-corrected chi connectivity index (χ1v) is 10.2. The Hall–Kier alpha value is -1.68. The third-order valence-corrected chi connectivity index (χ3v) is 4.83. The lowest BCUT2D eigenvalue weighted by Crippen LogP contribution is -2.28. The molecule has 28 heavy (non-hydrogen) atoms. The number of nitrogens with one attached hydrogen (secondary N) is 1. The van der Waals surface area contributed by atoms with Crippen molar-refractivity contribution in [1.82, 2.24) is 5.32 Å². The minimum atomic E-state index is 0. The summed E-state index contributed by atoms with van der Waals surface area (Å²) in [6, 6.07) is 12.4. The molecule has 1 heterocycles. The summed E-state index contributed by atoms with van der Waals surface area (Å²) < 4.78 is 11.9. The Bertz CT molecular complexity index is 775. The number of halogens is 2. The third kappa shape index (κ3) is 5.91. The van der Waals surface area contributed by atoms with E-state index < -0.39 is 0 Å². The van der Waals surface area contributed by atoms with Gasteiger partial charge in [0.2, 0.25) is 0 Å². The van der Waals surface area contributed by atoms with Crippen molar-refractivity contribution >= 4 is 30.1 Å². The van der Waals surface area contributed by atoms with Crippen molar-refractivity contribution < 1.29 is 9.47 Å². The van der Waals surface area contributed by atoms with E-state index in [1.165, 1.54) is 11.1 Å². The molecule has 0 aliphatic carbocycles. The summed E-state index contributed by atoms with van der Waals surface area (Å²) in [7, 11) is 0. The summed E-state index contributed by atoms with van der Waals surface area (Å²) in [6.07, 6.45) is 7.30. The molecule has 0 aromatic heterocycles. The Morgan fingerprint density at radius 2 is 1.68 bits per heavy atom. The quantitative estimate of drug-likeness (QED) is 0.546. The molecule has 152 valence electrons. The molecule has 5 heteroatoms. The van der Waals surface area contributed by atoms with Gasteiger partial charge in [-0.25, -0.2) is 0 Å². The van der Waals surface area contributed by atoms with Gasteiger partial charge >= 0.3 is 0 Å². The van der Waals surface area contributed by atoms with E-state index >= 15 is 0 Å². The molecule has 0 amide bonds. The van der Waals surface area contributed by atoms with E-state index in [0.29, 0.717) is 13.2 Å². The predicted molar refractivity (Wildman–Crippen MR) is 120 cm³/mol. The van der Waals surface area contributed by atoms with Gasteiger partial charge in [0.15, 0.2) is 11.5 Å². The van der Waals surface area contributed by atoms with Crippen molar-refractivity contribution in [2.45, 2.75) is 39.2 Å². The predicted octanol–water partition coefficient (Wildman–Crippen LogP) is 6.24. The molecule has 3 nitrogen and oxygen atoms in total. The van der Waals surface area contributed by atoms with Crippen LogP contribution >= 0.6 is 24.0 Å². The Kier molecular flexibility index (Phi) is 9.17. The summed E-state index contributed by atoms with van der Waals surface area (Å²) in [5, 5.41) is 4.35. The SMILES string of the molecule is CCCOc1cc2c(cc1OCCC)C(/C=C/c1ccc(Cl)cc1)NCC2.Cl. The van der Waals surface area contributed by atoms with E-state index in [0.717, 1.165) is 47.9 Å². The first-order chi connectivity index (χ1) is 13.2. The van der Waals surface area contributed by atoms with E-state index in [1.807, 2.05) is 24.3 Å². The highest BCUT2D eigenvalue weighted by Gasteiger charge is 2.21. The van der Waals surface area contributed by atoms with Crippen LogP contribution in [0.1, 0.15) is 49.4 Å². The Morgan fingerprint density at radius 3 is 2.32 bits per heavy atom. The van der Waals surface area contributed by atoms with Crippen LogP contribution in [0.3, 0.4) is 0 Å². The molecule has 1 aliphatic heterocycles. The second kappa shape index (κ2) is 11.4. The number of ether oxygens (including phenoxy) is 2. The third-order valence-electron chi connectivity index (χ3n) is 4.57. The molecule has 0 saturated carbocycles. The van der Waals surface area contributed by atoms with Crippen molar-refractivity contribution in [3.05, 3.63) is 64.2 Å². The highest BCUT2D eigenvalue weighted by Crippen LogP contribution is 2.36. The molecule has 3 rings (SSSR count). The summed E-state index contributed by atoms with van der Waals surface area (Å²) in [4.78, 5) is 0. The summed E-state index contributed by atoms with van der Waals surface area (Å²) >= 11 is 5.98. The molecule has 0 bridgehead atoms. The minimum absolute atomic E-state index is 0. The van der Waals surface area contributed by atoms with Crippen LogP contribution in [-0.4, -0.2) is 19.8 Å². The van der Waals surface area contributed by atoms with Crippen molar-refractivity contribution in [1.29, 1.82) is 0 Å². The van der Waals surface area contributed by atoms with Gasteiger partial charge in [0.25, 0.3) is 0 Å². The summed E-state index contributed by atoms with van der Waals surface area (Å²) in [6.45, 7) is 6.58. The molecular weight excluding hydrogens is 393 g/mol. The second-order valence-corrected chi connectivity index (χ2v) is 7.22. The molecule has 0 radical (unpaired) electrons. The average Bonchev–Trinajstić information content (AvgIpc) is 2.70. The van der Waals surface area contributed by atoms with Gasteiger partial charge in [0.1, 0.15) is 0 Å². The minimum Gasteiger partial charge on any atom is -0.490 e. The van der Waals surface area contributed by atoms with E-state index in [4.69, 9.17) is 21.1 Å². The van der Waals surface area contributed by atoms with Crippen molar-refractivity contribution in [3.63, 3.8) is 0 Å². The fourth-order valence-corrected chi connectivity index (χ4v) is 3.32. The first kappa shape index (κ1) is 22.6. The molecule has 2 aromatic carbocycles. The van der Waals surface area contributed by atoms with Crippen LogP contribution in [0.15, 0.2) is 42.5 Å². The molecule has 1 aliphatic rings. The molecule has 0 saturated heterocycles. The lowest BCUT2D eigenvalue weighted by molar-refractivity contribution is 0.267. The zero-order valence-electron chi connectivity index (χ0n) is 16.5. The zero-order valence-corrected chi connectivity index (χ0v) is 18.1. The van der Waals surface area contributed by atoms with Gasteiger partial charge < -0.3 is 14.8 Å². The maximum absolute atomic E-state index is 5.98. The number of hydrogen-bond donors (Lipinski definition) is 1. The fraction of sp³-hybridized carbons (Fsp3) is 0.391. The maximum Gasteiger partial charge on any atom is 0.161 e. The smallest absolute Gasteiger partial charge is 0.161 e. The molecule has 1 unspecified atom stereocenters. The van der Waals surface area contributed by atoms with Crippen LogP contribution in [0.25, 0.3) is 6.08 Å². The summed E-state index contributed by atoms with van der Waals surface area (Å²) in [5.41, 5.74) is 3.73. The van der Waals surface area contributed by atoms with E-state index in [9.17, 15) is 0 Å². The number of hydrogen-bond acceptors (Lipinski definition) is 3. The van der Waals surface area contributed by atoms with Crippen LogP contribution in [-0.2, 0) is 6.42 Å². The Labute approximate surface area is 179 Å². The lowest BCUT2D eigenvalue weighted by atomic mass is 9.93. The largest absolute Gasteiger partial charge is 0.490 e. The van der Waals surface area contributed by atoms with Gasteiger partial charge in [0.05, 0.1) is 19.3 Å². The van der Waals surface area contributed by atoms with Crippen LogP contribution in [0.4, 0.5) is 0 Å². The molecule has 2 aromatic rings. The molecule has 0 spiro atoms. The normalized spacial score (nSPS) is 15.8. The standard InChI is InChI=1S/C23H28ClNO2.ClH/c1-3-13-26-22-15-18-11-12-25-21(20(18)16-23(22)27-14-4-2)10-7-17-5-8-19(24)9-6-17;/h5-10,15-16,21,25H,3-4,11-14H2,1-2H3;1H/b10-7+;. The maximum atomic E-state index is 5.98. The number of rotatable bonds is 8. The Balaban J connectivity index is 0.00000280. The topological polar surface area (TPSA) is 30.5 Å². The van der Waals surface area contributed by atoms with E-state index in [2.05, 4.69) is 43.4 Å². The molecule has 0 fully saturated rings. The Morgan fingerprint density at radius 1 is 1.04 bits per heavy atom.